The highest BCUT2D eigenvalue weighted by Crippen LogP contribution is 2.35. The van der Waals surface area contributed by atoms with E-state index in [-0.39, 0.29) is 11.7 Å². The number of carbonyl (C=O) groups excluding carboxylic acids is 1. The number of benzene rings is 2. The molecular formula is C19H17FN6O2. The number of hydrogen-bond acceptors (Lipinski definition) is 6. The Morgan fingerprint density at radius 2 is 1.96 bits per heavy atom. The largest absolute Gasteiger partial charge is 0.495 e. The van der Waals surface area contributed by atoms with Crippen molar-refractivity contribution in [1.29, 1.82) is 0 Å². The van der Waals surface area contributed by atoms with E-state index in [0.717, 1.165) is 0 Å². The minimum absolute atomic E-state index is 0.343. The van der Waals surface area contributed by atoms with Crippen LogP contribution in [0.3, 0.4) is 0 Å². The van der Waals surface area contributed by atoms with Crippen molar-refractivity contribution < 1.29 is 13.9 Å². The zero-order valence-corrected chi connectivity index (χ0v) is 15.2. The number of carbonyl (C=O) groups is 1. The Hall–Kier alpha value is -3.75. The quantitative estimate of drug-likeness (QED) is 0.723. The third-order valence-corrected chi connectivity index (χ3v) is 4.50. The molecule has 28 heavy (non-hydrogen) atoms. The Labute approximate surface area is 160 Å². The van der Waals surface area contributed by atoms with E-state index >= 15 is 0 Å². The van der Waals surface area contributed by atoms with E-state index in [2.05, 4.69) is 26.2 Å². The van der Waals surface area contributed by atoms with Gasteiger partial charge in [0.25, 0.3) is 5.91 Å². The van der Waals surface area contributed by atoms with Crippen LogP contribution in [0.5, 0.6) is 5.75 Å². The van der Waals surface area contributed by atoms with Crippen LogP contribution in [0.1, 0.15) is 18.5 Å². The zero-order valence-electron chi connectivity index (χ0n) is 15.2. The van der Waals surface area contributed by atoms with Crippen LogP contribution in [-0.4, -0.2) is 33.2 Å². The molecule has 0 bridgehead atoms. The number of nitrogens with zero attached hydrogens (tertiary/aromatic N) is 4. The minimum Gasteiger partial charge on any atom is -0.495 e. The molecule has 1 aromatic heterocycles. The van der Waals surface area contributed by atoms with Gasteiger partial charge in [-0.25, -0.2) is 4.39 Å². The molecule has 1 amide bonds. The molecule has 0 radical (unpaired) electrons. The number of amides is 1. The maximum Gasteiger partial charge on any atom is 0.255 e. The van der Waals surface area contributed by atoms with Gasteiger partial charge in [-0.15, -0.1) is 0 Å². The first-order valence-corrected chi connectivity index (χ1v) is 8.54. The molecule has 0 fully saturated rings. The van der Waals surface area contributed by atoms with E-state index < -0.39 is 6.04 Å². The Morgan fingerprint density at radius 3 is 2.71 bits per heavy atom. The van der Waals surface area contributed by atoms with Crippen molar-refractivity contribution in [2.75, 3.05) is 17.7 Å². The number of halogens is 1. The fraction of sp³-hybridized carbons (Fsp3) is 0.158. The molecule has 0 aliphatic carbocycles. The highest BCUT2D eigenvalue weighted by Gasteiger charge is 2.34. The molecular weight excluding hydrogens is 363 g/mol. The second-order valence-corrected chi connectivity index (χ2v) is 6.22. The van der Waals surface area contributed by atoms with Gasteiger partial charge in [0.15, 0.2) is 0 Å². The topological polar surface area (TPSA) is 94.0 Å². The number of hydrogen-bond donors (Lipinski definition) is 2. The van der Waals surface area contributed by atoms with Crippen molar-refractivity contribution in [2.45, 2.75) is 13.0 Å². The van der Waals surface area contributed by atoms with Gasteiger partial charge >= 0.3 is 0 Å². The summed E-state index contributed by atoms with van der Waals surface area (Å²) in [7, 11) is 1.53. The molecule has 0 saturated heterocycles. The Bertz CT molecular complexity index is 1060. The average molecular weight is 380 g/mol. The van der Waals surface area contributed by atoms with Crippen LogP contribution >= 0.6 is 0 Å². The highest BCUT2D eigenvalue weighted by molar-refractivity contribution is 6.06. The van der Waals surface area contributed by atoms with Gasteiger partial charge in [-0.1, -0.05) is 29.4 Å². The number of nitrogens with one attached hydrogen (secondary N) is 2. The van der Waals surface area contributed by atoms with Crippen molar-refractivity contribution in [3.63, 3.8) is 0 Å². The lowest BCUT2D eigenvalue weighted by molar-refractivity contribution is -0.113. The number of allylic oxidation sites excluding steroid dienone is 1. The monoisotopic (exact) mass is 380 g/mol. The van der Waals surface area contributed by atoms with Crippen molar-refractivity contribution in [3.8, 4) is 5.75 Å². The molecule has 142 valence electrons. The predicted octanol–water partition coefficient (Wildman–Crippen LogP) is 2.75. The van der Waals surface area contributed by atoms with Crippen LogP contribution in [0.4, 0.5) is 16.0 Å². The minimum atomic E-state index is -0.610. The first-order valence-electron chi connectivity index (χ1n) is 8.54. The number of aromatic nitrogens is 4. The van der Waals surface area contributed by atoms with Gasteiger partial charge in [0.1, 0.15) is 17.6 Å². The van der Waals surface area contributed by atoms with Crippen LogP contribution < -0.4 is 15.4 Å². The fourth-order valence-corrected chi connectivity index (χ4v) is 3.20. The molecule has 9 heteroatoms. The van der Waals surface area contributed by atoms with Crippen LogP contribution in [-0.2, 0) is 4.79 Å². The molecule has 1 aliphatic rings. The highest BCUT2D eigenvalue weighted by atomic mass is 19.1. The van der Waals surface area contributed by atoms with E-state index in [4.69, 9.17) is 4.74 Å². The standard InChI is InChI=1S/C19H17FN6O2/c1-11-16(18(27)22-14-5-3-4-6-15(14)28-2)17(12-7-9-13(20)10-8-12)26-19(21-11)23-24-25-26/h3-10,17H,1-2H3,(H,22,27)(H,21,23,25)/t17-/m0/s1. The molecule has 8 nitrogen and oxygen atoms in total. The number of tetrazole rings is 1. The third kappa shape index (κ3) is 3.07. The number of rotatable bonds is 4. The van der Waals surface area contributed by atoms with Gasteiger partial charge in [0, 0.05) is 5.70 Å². The summed E-state index contributed by atoms with van der Waals surface area (Å²) >= 11 is 0. The van der Waals surface area contributed by atoms with Gasteiger partial charge in [-0.05, 0) is 47.2 Å². The molecule has 0 unspecified atom stereocenters. The molecule has 0 saturated carbocycles. The molecule has 2 aromatic carbocycles. The summed E-state index contributed by atoms with van der Waals surface area (Å²) in [5, 5.41) is 17.5. The zero-order chi connectivity index (χ0) is 19.7. The van der Waals surface area contributed by atoms with E-state index in [9.17, 15) is 9.18 Å². The summed E-state index contributed by atoms with van der Waals surface area (Å²) < 4.78 is 20.2. The van der Waals surface area contributed by atoms with Crippen LogP contribution in [0.15, 0.2) is 59.8 Å². The lowest BCUT2D eigenvalue weighted by atomic mass is 9.95. The lowest BCUT2D eigenvalue weighted by Gasteiger charge is -2.28. The number of methoxy groups -OCH3 is 1. The molecule has 0 spiro atoms. The van der Waals surface area contributed by atoms with E-state index in [1.165, 1.54) is 23.9 Å². The Balaban J connectivity index is 1.76. The first kappa shape index (κ1) is 17.7. The van der Waals surface area contributed by atoms with Gasteiger partial charge in [-0.2, -0.15) is 4.68 Å². The van der Waals surface area contributed by atoms with Gasteiger partial charge in [-0.3, -0.25) is 4.79 Å². The molecule has 4 rings (SSSR count). The molecule has 3 aromatic rings. The number of anilines is 2. The molecule has 2 N–H and O–H groups in total. The van der Waals surface area contributed by atoms with E-state index in [0.29, 0.717) is 34.2 Å². The first-order chi connectivity index (χ1) is 13.6. The van der Waals surface area contributed by atoms with Crippen molar-refractivity contribution >= 4 is 17.5 Å². The lowest BCUT2D eigenvalue weighted by Crippen LogP contribution is -2.31. The number of fused-ring (bicyclic) bond motifs is 1. The van der Waals surface area contributed by atoms with Gasteiger partial charge < -0.3 is 15.4 Å². The summed E-state index contributed by atoms with van der Waals surface area (Å²) in [6.45, 7) is 1.77. The van der Waals surface area contributed by atoms with Gasteiger partial charge in [0.2, 0.25) is 5.95 Å². The third-order valence-electron chi connectivity index (χ3n) is 4.50. The predicted molar refractivity (Wildman–Crippen MR) is 100 cm³/mol. The van der Waals surface area contributed by atoms with Crippen molar-refractivity contribution in [3.05, 3.63) is 71.2 Å². The fourth-order valence-electron chi connectivity index (χ4n) is 3.20. The number of para-hydroxylation sites is 2. The summed E-state index contributed by atoms with van der Waals surface area (Å²) in [5.41, 5.74) is 2.23. The van der Waals surface area contributed by atoms with Gasteiger partial charge in [0.05, 0.1) is 18.4 Å². The summed E-state index contributed by atoms with van der Waals surface area (Å²) in [5.74, 6) is 0.236. The van der Waals surface area contributed by atoms with Crippen molar-refractivity contribution in [2.24, 2.45) is 0 Å². The van der Waals surface area contributed by atoms with E-state index in [1.54, 1.807) is 37.3 Å². The van der Waals surface area contributed by atoms with Crippen LogP contribution in [0, 0.1) is 5.82 Å². The summed E-state index contributed by atoms with van der Waals surface area (Å²) in [4.78, 5) is 13.2. The molecule has 1 aliphatic heterocycles. The Kier molecular flexibility index (Phi) is 4.48. The normalized spacial score (nSPS) is 15.6. The SMILES string of the molecule is COc1ccccc1NC(=O)C1=C(C)Nc2nnnn2[C@H]1c1ccc(F)cc1. The summed E-state index contributed by atoms with van der Waals surface area (Å²) in [6.07, 6.45) is 0. The van der Waals surface area contributed by atoms with E-state index in [1.807, 2.05) is 6.07 Å². The van der Waals surface area contributed by atoms with Crippen LogP contribution in [0.2, 0.25) is 0 Å². The maximum atomic E-state index is 13.4. The van der Waals surface area contributed by atoms with Crippen molar-refractivity contribution in [1.82, 2.24) is 20.2 Å². The Morgan fingerprint density at radius 1 is 1.21 bits per heavy atom. The molecule has 1 atom stereocenters. The second-order valence-electron chi connectivity index (χ2n) is 6.22. The number of ether oxygens (including phenoxy) is 1. The second kappa shape index (κ2) is 7.10. The summed E-state index contributed by atoms with van der Waals surface area (Å²) in [6, 6.07) is 12.4. The average Bonchev–Trinajstić information content (AvgIpc) is 3.16. The van der Waals surface area contributed by atoms with Crippen LogP contribution in [0.25, 0.3) is 0 Å². The smallest absolute Gasteiger partial charge is 0.255 e. The maximum absolute atomic E-state index is 13.4. The molecule has 2 heterocycles.